The Labute approximate surface area is 122 Å². The van der Waals surface area contributed by atoms with Crippen molar-refractivity contribution in [2.24, 2.45) is 5.84 Å². The summed E-state index contributed by atoms with van der Waals surface area (Å²) in [4.78, 5) is 17.7. The van der Waals surface area contributed by atoms with E-state index >= 15 is 0 Å². The maximum absolute atomic E-state index is 11.2. The molecule has 1 aromatic rings. The van der Waals surface area contributed by atoms with Crippen molar-refractivity contribution in [3.63, 3.8) is 0 Å². The van der Waals surface area contributed by atoms with Gasteiger partial charge in [0.25, 0.3) is 0 Å². The summed E-state index contributed by atoms with van der Waals surface area (Å²) in [6.07, 6.45) is 0.476. The van der Waals surface area contributed by atoms with Crippen molar-refractivity contribution in [1.29, 1.82) is 0 Å². The van der Waals surface area contributed by atoms with Gasteiger partial charge in [0.15, 0.2) is 0 Å². The highest BCUT2D eigenvalue weighted by Crippen LogP contribution is 2.20. The molecule has 1 atom stereocenters. The lowest BCUT2D eigenvalue weighted by Gasteiger charge is -2.17. The van der Waals surface area contributed by atoms with E-state index in [1.54, 1.807) is 12.1 Å². The topological polar surface area (TPSA) is 92.5 Å². The Hall–Kier alpha value is -1.57. The number of amides is 1. The van der Waals surface area contributed by atoms with Crippen LogP contribution in [0.25, 0.3) is 0 Å². The molecule has 7 nitrogen and oxygen atoms in total. The summed E-state index contributed by atoms with van der Waals surface area (Å²) in [5.74, 6) is 5.92. The lowest BCUT2D eigenvalue weighted by Crippen LogP contribution is -2.36. The summed E-state index contributed by atoms with van der Waals surface area (Å²) in [6, 6.07) is 3.58. The van der Waals surface area contributed by atoms with Crippen LogP contribution in [0.2, 0.25) is 5.02 Å². The second-order valence-corrected chi connectivity index (χ2v) is 5.03. The van der Waals surface area contributed by atoms with Crippen molar-refractivity contribution in [2.75, 3.05) is 25.6 Å². The van der Waals surface area contributed by atoms with Crippen molar-refractivity contribution in [3.8, 4) is 0 Å². The lowest BCUT2D eigenvalue weighted by molar-refractivity contribution is 0.166. The molecule has 0 aromatic carbocycles. The van der Waals surface area contributed by atoms with E-state index in [4.69, 9.17) is 17.4 Å². The molecule has 4 N–H and O–H groups in total. The molecule has 1 fully saturated rings. The number of alkyl carbamates (subject to hydrolysis) is 1. The number of hydrogen-bond acceptors (Lipinski definition) is 6. The zero-order valence-corrected chi connectivity index (χ0v) is 12.0. The van der Waals surface area contributed by atoms with Crippen LogP contribution in [-0.4, -0.2) is 42.2 Å². The average molecular weight is 300 g/mol. The molecule has 2 rings (SSSR count). The van der Waals surface area contributed by atoms with E-state index in [1.807, 2.05) is 0 Å². The second kappa shape index (κ2) is 6.74. The summed E-state index contributed by atoms with van der Waals surface area (Å²) < 4.78 is 4.59. The zero-order valence-electron chi connectivity index (χ0n) is 11.2. The molecule has 0 bridgehead atoms. The quantitative estimate of drug-likeness (QED) is 0.566. The summed E-state index contributed by atoms with van der Waals surface area (Å²) in [5.41, 5.74) is 3.26. The molecule has 8 heteroatoms. The highest BCUT2D eigenvalue weighted by Gasteiger charge is 2.24. The molecule has 0 aliphatic carbocycles. The van der Waals surface area contributed by atoms with Gasteiger partial charge in [-0.25, -0.2) is 15.6 Å². The Morgan fingerprint density at radius 3 is 3.15 bits per heavy atom. The number of nitrogens with one attached hydrogen (secondary N) is 2. The van der Waals surface area contributed by atoms with Crippen LogP contribution in [0, 0.1) is 0 Å². The number of carbonyl (C=O) groups excluding carboxylic acids is 1. The maximum Gasteiger partial charge on any atom is 0.407 e. The van der Waals surface area contributed by atoms with Gasteiger partial charge in [0.1, 0.15) is 5.82 Å². The number of aromatic nitrogens is 1. The Morgan fingerprint density at radius 1 is 1.65 bits per heavy atom. The number of hydrogen-bond donors (Lipinski definition) is 3. The lowest BCUT2D eigenvalue weighted by atomic mass is 10.3. The Bertz CT molecular complexity index is 485. The Kier molecular flexibility index (Phi) is 4.99. The number of ether oxygens (including phenoxy) is 1. The van der Waals surface area contributed by atoms with Crippen LogP contribution in [0.3, 0.4) is 0 Å². The fourth-order valence-electron chi connectivity index (χ4n) is 2.21. The van der Waals surface area contributed by atoms with Gasteiger partial charge < -0.3 is 15.5 Å². The minimum absolute atomic E-state index is 0.0945. The van der Waals surface area contributed by atoms with Crippen LogP contribution in [0.15, 0.2) is 12.1 Å². The number of likely N-dealkylation sites (tertiary alicyclic amines) is 1. The van der Waals surface area contributed by atoms with Gasteiger partial charge >= 0.3 is 6.09 Å². The van der Waals surface area contributed by atoms with Gasteiger partial charge in [0, 0.05) is 25.7 Å². The minimum atomic E-state index is -0.401. The number of pyridine rings is 1. The first-order chi connectivity index (χ1) is 9.62. The number of nitrogens with two attached hydrogens (primary N) is 1. The predicted molar refractivity (Wildman–Crippen MR) is 76.3 cm³/mol. The van der Waals surface area contributed by atoms with Crippen LogP contribution in [0.1, 0.15) is 12.1 Å². The average Bonchev–Trinajstić information content (AvgIpc) is 2.88. The van der Waals surface area contributed by atoms with Crippen molar-refractivity contribution in [1.82, 2.24) is 15.2 Å². The van der Waals surface area contributed by atoms with E-state index in [2.05, 4.69) is 25.4 Å². The van der Waals surface area contributed by atoms with Gasteiger partial charge in [-0.05, 0) is 18.6 Å². The SMILES string of the molecule is COC(=O)NC1CCN(Cc2nc(NN)ccc2Cl)C1. The number of nitrogens with zero attached hydrogens (tertiary/aromatic N) is 2. The van der Waals surface area contributed by atoms with E-state index in [0.29, 0.717) is 17.4 Å². The fourth-order valence-corrected chi connectivity index (χ4v) is 2.37. The molecule has 1 saturated heterocycles. The number of halogens is 1. The fraction of sp³-hybridized carbons (Fsp3) is 0.500. The molecule has 1 unspecified atom stereocenters. The minimum Gasteiger partial charge on any atom is -0.453 e. The van der Waals surface area contributed by atoms with Crippen LogP contribution in [0.5, 0.6) is 0 Å². The molecule has 2 heterocycles. The molecular formula is C12H18ClN5O2. The zero-order chi connectivity index (χ0) is 14.5. The van der Waals surface area contributed by atoms with Crippen molar-refractivity contribution in [2.45, 2.75) is 19.0 Å². The third kappa shape index (κ3) is 3.72. The Morgan fingerprint density at radius 2 is 2.45 bits per heavy atom. The van der Waals surface area contributed by atoms with E-state index in [0.717, 1.165) is 25.2 Å². The molecule has 1 aliphatic rings. The molecule has 0 radical (unpaired) electrons. The first-order valence-corrected chi connectivity index (χ1v) is 6.69. The maximum atomic E-state index is 11.2. The highest BCUT2D eigenvalue weighted by atomic mass is 35.5. The molecule has 110 valence electrons. The molecule has 20 heavy (non-hydrogen) atoms. The number of methoxy groups -OCH3 is 1. The van der Waals surface area contributed by atoms with E-state index < -0.39 is 6.09 Å². The number of hydrazine groups is 1. The summed E-state index contributed by atoms with van der Waals surface area (Å²) in [6.45, 7) is 2.23. The summed E-state index contributed by atoms with van der Waals surface area (Å²) in [5, 5.41) is 3.40. The first-order valence-electron chi connectivity index (χ1n) is 6.31. The monoisotopic (exact) mass is 299 g/mol. The number of carbonyl (C=O) groups is 1. The van der Waals surface area contributed by atoms with Crippen molar-refractivity contribution >= 4 is 23.5 Å². The van der Waals surface area contributed by atoms with Crippen molar-refractivity contribution < 1.29 is 9.53 Å². The summed E-state index contributed by atoms with van der Waals surface area (Å²) in [7, 11) is 1.36. The number of nitrogen functional groups attached to an aromatic ring is 1. The van der Waals surface area contributed by atoms with E-state index in [1.165, 1.54) is 7.11 Å². The molecule has 1 amide bonds. The highest BCUT2D eigenvalue weighted by molar-refractivity contribution is 6.31. The van der Waals surface area contributed by atoms with Gasteiger partial charge in [-0.2, -0.15) is 0 Å². The standard InChI is InChI=1S/C12H18ClN5O2/c1-20-12(19)15-8-4-5-18(6-8)7-10-9(13)2-3-11(16-10)17-14/h2-3,8H,4-7,14H2,1H3,(H,15,19)(H,16,17). The normalized spacial score (nSPS) is 18.9. The second-order valence-electron chi connectivity index (χ2n) is 4.63. The smallest absolute Gasteiger partial charge is 0.407 e. The van der Waals surface area contributed by atoms with E-state index in [-0.39, 0.29) is 6.04 Å². The van der Waals surface area contributed by atoms with Gasteiger partial charge in [-0.3, -0.25) is 4.90 Å². The molecule has 1 aromatic heterocycles. The van der Waals surface area contributed by atoms with Crippen LogP contribution >= 0.6 is 11.6 Å². The number of rotatable bonds is 4. The third-order valence-electron chi connectivity index (χ3n) is 3.22. The third-order valence-corrected chi connectivity index (χ3v) is 3.56. The molecule has 1 aliphatic heterocycles. The number of anilines is 1. The Balaban J connectivity index is 1.93. The molecule has 0 spiro atoms. The van der Waals surface area contributed by atoms with Crippen molar-refractivity contribution in [3.05, 3.63) is 22.8 Å². The largest absolute Gasteiger partial charge is 0.453 e. The van der Waals surface area contributed by atoms with Gasteiger partial charge in [-0.1, -0.05) is 11.6 Å². The predicted octanol–water partition coefficient (Wildman–Crippen LogP) is 0.951. The van der Waals surface area contributed by atoms with Crippen LogP contribution in [-0.2, 0) is 11.3 Å². The van der Waals surface area contributed by atoms with Gasteiger partial charge in [0.05, 0.1) is 17.8 Å². The van der Waals surface area contributed by atoms with Crippen LogP contribution < -0.4 is 16.6 Å². The summed E-state index contributed by atoms with van der Waals surface area (Å²) >= 11 is 6.13. The van der Waals surface area contributed by atoms with E-state index in [9.17, 15) is 4.79 Å². The molecular weight excluding hydrogens is 282 g/mol. The molecule has 0 saturated carbocycles. The van der Waals surface area contributed by atoms with Gasteiger partial charge in [0.2, 0.25) is 0 Å². The van der Waals surface area contributed by atoms with Gasteiger partial charge in [-0.15, -0.1) is 0 Å². The van der Waals surface area contributed by atoms with Crippen LogP contribution in [0.4, 0.5) is 10.6 Å². The first kappa shape index (κ1) is 14.8.